The van der Waals surface area contributed by atoms with Gasteiger partial charge < -0.3 is 15.5 Å². The van der Waals surface area contributed by atoms with Gasteiger partial charge in [0, 0.05) is 17.5 Å². The quantitative estimate of drug-likeness (QED) is 0.748. The Morgan fingerprint density at radius 1 is 1.38 bits per heavy atom. The van der Waals surface area contributed by atoms with Crippen LogP contribution in [0.25, 0.3) is 0 Å². The number of amides is 1. The van der Waals surface area contributed by atoms with Crippen LogP contribution in [-0.2, 0) is 6.54 Å². The number of aliphatic hydroxyl groups is 1. The normalized spacial score (nSPS) is 9.76. The van der Waals surface area contributed by atoms with Crippen molar-refractivity contribution in [1.82, 2.24) is 10.3 Å². The second kappa shape index (κ2) is 7.43. The fourth-order valence-electron chi connectivity index (χ4n) is 1.59. The number of aromatic hydroxyl groups is 1. The molecule has 2 aromatic rings. The number of hydrogen-bond donors (Lipinski definition) is 3. The van der Waals surface area contributed by atoms with E-state index in [1.54, 1.807) is 0 Å². The number of carbonyl (C=O) groups excluding carboxylic acids is 1. The number of hydrogen-bond acceptors (Lipinski definition) is 5. The lowest BCUT2D eigenvalue weighted by Crippen LogP contribution is -2.22. The Balaban J connectivity index is 1.93. The summed E-state index contributed by atoms with van der Waals surface area (Å²) in [5.74, 6) is 5.30. The Morgan fingerprint density at radius 3 is 3.00 bits per heavy atom. The summed E-state index contributed by atoms with van der Waals surface area (Å²) < 4.78 is 0. The molecule has 0 bridgehead atoms. The molecular weight excluding hydrogens is 288 g/mol. The number of aromatic nitrogens is 1. The van der Waals surface area contributed by atoms with Gasteiger partial charge in [0.2, 0.25) is 0 Å². The zero-order valence-electron chi connectivity index (χ0n) is 11.2. The van der Waals surface area contributed by atoms with E-state index < -0.39 is 0 Å². The van der Waals surface area contributed by atoms with E-state index in [2.05, 4.69) is 22.1 Å². The van der Waals surface area contributed by atoms with Crippen LogP contribution in [0.15, 0.2) is 30.6 Å². The zero-order valence-corrected chi connectivity index (χ0v) is 12.0. The number of thiophene rings is 1. The van der Waals surface area contributed by atoms with Gasteiger partial charge in [-0.05, 0) is 18.2 Å². The van der Waals surface area contributed by atoms with E-state index in [1.165, 1.54) is 29.8 Å². The Morgan fingerprint density at radius 2 is 2.24 bits per heavy atom. The molecule has 0 aliphatic rings. The molecule has 21 heavy (non-hydrogen) atoms. The van der Waals surface area contributed by atoms with Crippen molar-refractivity contribution in [3.05, 3.63) is 45.9 Å². The summed E-state index contributed by atoms with van der Waals surface area (Å²) in [5.41, 5.74) is 0.199. The molecule has 1 amide bonds. The zero-order chi connectivity index (χ0) is 15.1. The van der Waals surface area contributed by atoms with E-state index in [9.17, 15) is 9.90 Å². The smallest absolute Gasteiger partial charge is 0.255 e. The summed E-state index contributed by atoms with van der Waals surface area (Å²) in [6.45, 7) is 0.420. The number of pyridine rings is 1. The number of carbonyl (C=O) groups is 1. The molecule has 0 aromatic carbocycles. The van der Waals surface area contributed by atoms with Gasteiger partial charge in [0.25, 0.3) is 5.91 Å². The minimum Gasteiger partial charge on any atom is -0.505 e. The van der Waals surface area contributed by atoms with E-state index in [0.717, 1.165) is 9.75 Å². The molecule has 6 heteroatoms. The number of rotatable bonds is 4. The lowest BCUT2D eigenvalue weighted by atomic mass is 10.2. The van der Waals surface area contributed by atoms with Gasteiger partial charge in [-0.2, -0.15) is 0 Å². The fourth-order valence-corrected chi connectivity index (χ4v) is 2.41. The van der Waals surface area contributed by atoms with Crippen LogP contribution in [-0.4, -0.2) is 27.7 Å². The second-order valence-electron chi connectivity index (χ2n) is 4.12. The highest BCUT2D eigenvalue weighted by atomic mass is 32.1. The summed E-state index contributed by atoms with van der Waals surface area (Å²) in [6, 6.07) is 5.23. The van der Waals surface area contributed by atoms with Crippen molar-refractivity contribution in [3.8, 4) is 17.6 Å². The van der Waals surface area contributed by atoms with Crippen molar-refractivity contribution in [2.24, 2.45) is 0 Å². The highest BCUT2D eigenvalue weighted by Crippen LogP contribution is 2.17. The monoisotopic (exact) mass is 302 g/mol. The van der Waals surface area contributed by atoms with E-state index >= 15 is 0 Å². The van der Waals surface area contributed by atoms with Gasteiger partial charge in [-0.25, -0.2) is 0 Å². The third-order valence-corrected chi connectivity index (χ3v) is 3.58. The van der Waals surface area contributed by atoms with Crippen molar-refractivity contribution in [2.45, 2.75) is 13.0 Å². The Kier molecular flexibility index (Phi) is 5.32. The molecule has 0 aliphatic heterocycles. The van der Waals surface area contributed by atoms with Crippen LogP contribution in [0.3, 0.4) is 0 Å². The third kappa shape index (κ3) is 4.31. The van der Waals surface area contributed by atoms with Crippen LogP contribution in [0.1, 0.15) is 26.5 Å². The van der Waals surface area contributed by atoms with Crippen molar-refractivity contribution in [1.29, 1.82) is 0 Å². The van der Waals surface area contributed by atoms with Crippen LogP contribution < -0.4 is 5.32 Å². The maximum Gasteiger partial charge on any atom is 0.255 e. The molecule has 0 spiro atoms. The first-order chi connectivity index (χ1) is 10.2. The minimum absolute atomic E-state index is 0.0523. The topological polar surface area (TPSA) is 82.5 Å². The van der Waals surface area contributed by atoms with Gasteiger partial charge in [-0.1, -0.05) is 11.8 Å². The highest BCUT2D eigenvalue weighted by Gasteiger charge is 2.10. The lowest BCUT2D eigenvalue weighted by Gasteiger charge is -2.04. The van der Waals surface area contributed by atoms with Crippen molar-refractivity contribution >= 4 is 17.2 Å². The first kappa shape index (κ1) is 15.0. The average molecular weight is 302 g/mol. The number of aliphatic hydroxyl groups excluding tert-OH is 1. The van der Waals surface area contributed by atoms with E-state index in [0.29, 0.717) is 13.0 Å². The largest absolute Gasteiger partial charge is 0.505 e. The standard InChI is InChI=1S/C15H14N2O3S/c18-8-2-1-3-11-4-5-12(21-11)9-17-15(20)13-6-7-16-10-14(13)19/h4-7,10,18-19H,2,8-9H2,(H,17,20). The molecule has 5 nitrogen and oxygen atoms in total. The fraction of sp³-hybridized carbons (Fsp3) is 0.200. The lowest BCUT2D eigenvalue weighted by molar-refractivity contribution is 0.0948. The number of nitrogens with zero attached hydrogens (tertiary/aromatic N) is 1. The third-order valence-electron chi connectivity index (χ3n) is 2.58. The predicted octanol–water partition coefficient (Wildman–Crippen LogP) is 1.51. The summed E-state index contributed by atoms with van der Waals surface area (Å²) in [6.07, 6.45) is 3.13. The molecule has 0 radical (unpaired) electrons. The van der Waals surface area contributed by atoms with Gasteiger partial charge in [0.05, 0.1) is 29.8 Å². The van der Waals surface area contributed by atoms with Crippen molar-refractivity contribution < 1.29 is 15.0 Å². The Labute approximate surface area is 126 Å². The first-order valence-electron chi connectivity index (χ1n) is 6.30. The molecule has 2 aromatic heterocycles. The molecule has 0 unspecified atom stereocenters. The van der Waals surface area contributed by atoms with Gasteiger partial charge in [0.15, 0.2) is 0 Å². The van der Waals surface area contributed by atoms with Crippen molar-refractivity contribution in [3.63, 3.8) is 0 Å². The van der Waals surface area contributed by atoms with E-state index in [4.69, 9.17) is 5.11 Å². The summed E-state index contributed by atoms with van der Waals surface area (Å²) in [5, 5.41) is 20.9. The molecule has 108 valence electrons. The van der Waals surface area contributed by atoms with Crippen LogP contribution >= 0.6 is 11.3 Å². The van der Waals surface area contributed by atoms with Gasteiger partial charge >= 0.3 is 0 Å². The predicted molar refractivity (Wildman–Crippen MR) is 80.0 cm³/mol. The van der Waals surface area contributed by atoms with Crippen LogP contribution in [0.4, 0.5) is 0 Å². The molecule has 0 atom stereocenters. The maximum absolute atomic E-state index is 11.9. The highest BCUT2D eigenvalue weighted by molar-refractivity contribution is 7.12. The summed E-state index contributed by atoms with van der Waals surface area (Å²) >= 11 is 1.48. The van der Waals surface area contributed by atoms with Crippen LogP contribution in [0, 0.1) is 11.8 Å². The molecule has 0 saturated heterocycles. The Bertz CT molecular complexity index is 685. The van der Waals surface area contributed by atoms with E-state index in [-0.39, 0.29) is 23.8 Å². The van der Waals surface area contributed by atoms with Gasteiger partial charge in [-0.3, -0.25) is 9.78 Å². The molecule has 3 N–H and O–H groups in total. The van der Waals surface area contributed by atoms with E-state index in [1.807, 2.05) is 12.1 Å². The summed E-state index contributed by atoms with van der Waals surface area (Å²) in [4.78, 5) is 17.5. The molecular formula is C15H14N2O3S. The Hall–Kier alpha value is -2.36. The molecule has 2 rings (SSSR count). The molecule has 0 fully saturated rings. The SMILES string of the molecule is O=C(NCc1ccc(C#CCCO)s1)c1ccncc1O. The minimum atomic E-state index is -0.351. The number of nitrogens with one attached hydrogen (secondary N) is 1. The second-order valence-corrected chi connectivity index (χ2v) is 5.29. The van der Waals surface area contributed by atoms with Crippen LogP contribution in [0.5, 0.6) is 5.75 Å². The van der Waals surface area contributed by atoms with Crippen molar-refractivity contribution in [2.75, 3.05) is 6.61 Å². The van der Waals surface area contributed by atoms with Gasteiger partial charge in [0.1, 0.15) is 5.75 Å². The molecule has 2 heterocycles. The van der Waals surface area contributed by atoms with Crippen LogP contribution in [0.2, 0.25) is 0 Å². The molecule has 0 saturated carbocycles. The average Bonchev–Trinajstić information content (AvgIpc) is 2.93. The first-order valence-corrected chi connectivity index (χ1v) is 7.12. The summed E-state index contributed by atoms with van der Waals surface area (Å²) in [7, 11) is 0. The maximum atomic E-state index is 11.9. The van der Waals surface area contributed by atoms with Gasteiger partial charge in [-0.15, -0.1) is 11.3 Å². The molecule has 0 aliphatic carbocycles.